The summed E-state index contributed by atoms with van der Waals surface area (Å²) in [6, 6.07) is 11.9. The van der Waals surface area contributed by atoms with Crippen LogP contribution in [0.2, 0.25) is 0 Å². The number of benzene rings is 2. The number of carbonyl (C=O) groups is 2. The molecule has 0 fully saturated rings. The predicted octanol–water partition coefficient (Wildman–Crippen LogP) is 4.18. The lowest BCUT2D eigenvalue weighted by Gasteiger charge is -2.06. The molecular formula is C19H15F2N3O2S2. The number of aromatic nitrogens is 1. The third-order valence-corrected chi connectivity index (χ3v) is 5.78. The number of hydrogen-bond acceptors (Lipinski definition) is 5. The third-order valence-electron chi connectivity index (χ3n) is 3.66. The summed E-state index contributed by atoms with van der Waals surface area (Å²) >= 11 is 2.41. The van der Waals surface area contributed by atoms with E-state index in [1.807, 2.05) is 30.3 Å². The van der Waals surface area contributed by atoms with Crippen molar-refractivity contribution in [2.24, 2.45) is 0 Å². The molecule has 2 amide bonds. The van der Waals surface area contributed by atoms with Crippen LogP contribution in [-0.2, 0) is 4.79 Å². The Hall–Kier alpha value is -2.78. The van der Waals surface area contributed by atoms with E-state index < -0.39 is 17.5 Å². The average Bonchev–Trinajstić information content (AvgIpc) is 3.09. The number of halogens is 2. The first kappa shape index (κ1) is 20.0. The van der Waals surface area contributed by atoms with E-state index in [1.165, 1.54) is 23.1 Å². The summed E-state index contributed by atoms with van der Waals surface area (Å²) in [6.45, 7) is 0. The molecule has 0 bridgehead atoms. The van der Waals surface area contributed by atoms with Crippen molar-refractivity contribution >= 4 is 39.9 Å². The molecule has 3 rings (SSSR count). The molecule has 0 atom stereocenters. The Labute approximate surface area is 168 Å². The second-order valence-electron chi connectivity index (χ2n) is 5.56. The summed E-state index contributed by atoms with van der Waals surface area (Å²) in [6.07, 6.45) is 0. The summed E-state index contributed by atoms with van der Waals surface area (Å²) in [4.78, 5) is 28.5. The zero-order valence-corrected chi connectivity index (χ0v) is 16.3. The molecule has 0 unspecified atom stereocenters. The highest BCUT2D eigenvalue weighted by Crippen LogP contribution is 2.37. The number of amides is 2. The lowest BCUT2D eigenvalue weighted by molar-refractivity contribution is -0.118. The molecular weight excluding hydrogens is 404 g/mol. The number of hydrogen-bond donors (Lipinski definition) is 2. The highest BCUT2D eigenvalue weighted by atomic mass is 32.2. The molecule has 0 saturated carbocycles. The quantitative estimate of drug-likeness (QED) is 0.588. The lowest BCUT2D eigenvalue weighted by Crippen LogP contribution is -2.19. The molecule has 2 N–H and O–H groups in total. The minimum atomic E-state index is -0.947. The Kier molecular flexibility index (Phi) is 6.37. The molecule has 0 aliphatic carbocycles. The summed E-state index contributed by atoms with van der Waals surface area (Å²) in [5, 5.41) is 5.59. The number of anilines is 1. The normalized spacial score (nSPS) is 10.5. The molecule has 0 aliphatic rings. The van der Waals surface area contributed by atoms with Gasteiger partial charge in [0.15, 0.2) is 4.34 Å². The number of nitrogens with one attached hydrogen (secondary N) is 2. The van der Waals surface area contributed by atoms with Crippen molar-refractivity contribution < 1.29 is 18.4 Å². The van der Waals surface area contributed by atoms with Crippen molar-refractivity contribution in [2.75, 3.05) is 18.1 Å². The SMILES string of the molecule is CNC(=O)CSc1nc(-c2ccccc2)c(NC(=O)c2ccc(F)cc2F)s1. The lowest BCUT2D eigenvalue weighted by atomic mass is 10.1. The molecule has 28 heavy (non-hydrogen) atoms. The van der Waals surface area contributed by atoms with E-state index in [1.54, 1.807) is 7.05 Å². The monoisotopic (exact) mass is 419 g/mol. The number of nitrogens with zero attached hydrogens (tertiary/aromatic N) is 1. The number of carbonyl (C=O) groups excluding carboxylic acids is 2. The van der Waals surface area contributed by atoms with Crippen molar-refractivity contribution in [2.45, 2.75) is 4.34 Å². The van der Waals surface area contributed by atoms with Crippen LogP contribution in [0.5, 0.6) is 0 Å². The average molecular weight is 419 g/mol. The van der Waals surface area contributed by atoms with Gasteiger partial charge in [-0.05, 0) is 12.1 Å². The van der Waals surface area contributed by atoms with Crippen LogP contribution in [0.1, 0.15) is 10.4 Å². The van der Waals surface area contributed by atoms with Crippen LogP contribution in [-0.4, -0.2) is 29.6 Å². The van der Waals surface area contributed by atoms with Crippen molar-refractivity contribution in [3.8, 4) is 11.3 Å². The van der Waals surface area contributed by atoms with E-state index in [0.717, 1.165) is 17.7 Å². The Bertz CT molecular complexity index is 1010. The molecule has 0 aliphatic heterocycles. The van der Waals surface area contributed by atoms with Gasteiger partial charge in [0.2, 0.25) is 5.91 Å². The number of thiazole rings is 1. The maximum Gasteiger partial charge on any atom is 0.259 e. The van der Waals surface area contributed by atoms with Crippen molar-refractivity contribution in [1.82, 2.24) is 10.3 Å². The van der Waals surface area contributed by atoms with Gasteiger partial charge in [-0.25, -0.2) is 13.8 Å². The fraction of sp³-hybridized carbons (Fsp3) is 0.105. The maximum atomic E-state index is 13.9. The van der Waals surface area contributed by atoms with Gasteiger partial charge in [0, 0.05) is 18.7 Å². The van der Waals surface area contributed by atoms with Gasteiger partial charge in [-0.1, -0.05) is 53.4 Å². The number of thioether (sulfide) groups is 1. The van der Waals surface area contributed by atoms with Gasteiger partial charge in [-0.15, -0.1) is 0 Å². The van der Waals surface area contributed by atoms with Gasteiger partial charge < -0.3 is 10.6 Å². The molecule has 0 radical (unpaired) electrons. The van der Waals surface area contributed by atoms with Crippen molar-refractivity contribution in [3.05, 3.63) is 65.7 Å². The van der Waals surface area contributed by atoms with Crippen molar-refractivity contribution in [3.63, 3.8) is 0 Å². The molecule has 0 saturated heterocycles. The Morgan fingerprint density at radius 3 is 2.57 bits per heavy atom. The zero-order chi connectivity index (χ0) is 20.1. The standard InChI is InChI=1S/C19H15F2N3O2S2/c1-22-15(25)10-27-19-23-16(11-5-3-2-4-6-11)18(28-19)24-17(26)13-8-7-12(20)9-14(13)21/h2-9H,10H2,1H3,(H,22,25)(H,24,26). The second-order valence-corrected chi connectivity index (χ2v) is 7.79. The fourth-order valence-corrected chi connectivity index (χ4v) is 4.21. The first-order chi connectivity index (χ1) is 13.5. The topological polar surface area (TPSA) is 71.1 Å². The fourth-order valence-electron chi connectivity index (χ4n) is 2.28. The molecule has 3 aromatic rings. The van der Waals surface area contributed by atoms with E-state index in [0.29, 0.717) is 21.1 Å². The van der Waals surface area contributed by atoms with Gasteiger partial charge in [0.1, 0.15) is 22.3 Å². The van der Waals surface area contributed by atoms with Gasteiger partial charge in [-0.2, -0.15) is 0 Å². The first-order valence-corrected chi connectivity index (χ1v) is 9.94. The van der Waals surface area contributed by atoms with Gasteiger partial charge >= 0.3 is 0 Å². The summed E-state index contributed by atoms with van der Waals surface area (Å²) in [5.41, 5.74) is 1.01. The highest BCUT2D eigenvalue weighted by molar-refractivity contribution is 8.01. The summed E-state index contributed by atoms with van der Waals surface area (Å²) in [5.74, 6) is -2.39. The first-order valence-electron chi connectivity index (χ1n) is 8.14. The second kappa shape index (κ2) is 8.94. The molecule has 1 aromatic heterocycles. The van der Waals surface area contributed by atoms with Crippen LogP contribution in [0.25, 0.3) is 11.3 Å². The molecule has 5 nitrogen and oxygen atoms in total. The minimum absolute atomic E-state index is 0.152. The maximum absolute atomic E-state index is 13.9. The van der Waals surface area contributed by atoms with E-state index in [2.05, 4.69) is 15.6 Å². The predicted molar refractivity (Wildman–Crippen MR) is 107 cm³/mol. The Morgan fingerprint density at radius 2 is 1.89 bits per heavy atom. The Balaban J connectivity index is 1.90. The van der Waals surface area contributed by atoms with Crippen LogP contribution < -0.4 is 10.6 Å². The minimum Gasteiger partial charge on any atom is -0.358 e. The van der Waals surface area contributed by atoms with E-state index >= 15 is 0 Å². The Morgan fingerprint density at radius 1 is 1.14 bits per heavy atom. The van der Waals surface area contributed by atoms with Gasteiger partial charge in [0.25, 0.3) is 5.91 Å². The smallest absolute Gasteiger partial charge is 0.259 e. The largest absolute Gasteiger partial charge is 0.358 e. The van der Waals surface area contributed by atoms with Crippen LogP contribution in [0.3, 0.4) is 0 Å². The molecule has 9 heteroatoms. The zero-order valence-electron chi connectivity index (χ0n) is 14.7. The van der Waals surface area contributed by atoms with E-state index in [4.69, 9.17) is 0 Å². The van der Waals surface area contributed by atoms with Crippen molar-refractivity contribution in [1.29, 1.82) is 0 Å². The van der Waals surface area contributed by atoms with E-state index in [-0.39, 0.29) is 17.2 Å². The van der Waals surface area contributed by atoms with E-state index in [9.17, 15) is 18.4 Å². The highest BCUT2D eigenvalue weighted by Gasteiger charge is 2.19. The molecule has 2 aromatic carbocycles. The third kappa shape index (κ3) is 4.73. The van der Waals surface area contributed by atoms with Crippen LogP contribution in [0.4, 0.5) is 13.8 Å². The summed E-state index contributed by atoms with van der Waals surface area (Å²) in [7, 11) is 1.54. The van der Waals surface area contributed by atoms with Crippen LogP contribution in [0.15, 0.2) is 52.9 Å². The molecule has 1 heterocycles. The van der Waals surface area contributed by atoms with Crippen LogP contribution >= 0.6 is 23.1 Å². The molecule has 0 spiro atoms. The molecule has 144 valence electrons. The van der Waals surface area contributed by atoms with Crippen LogP contribution in [0, 0.1) is 11.6 Å². The summed E-state index contributed by atoms with van der Waals surface area (Å²) < 4.78 is 27.6. The number of rotatable bonds is 6. The van der Waals surface area contributed by atoms with Gasteiger partial charge in [-0.3, -0.25) is 9.59 Å². The van der Waals surface area contributed by atoms with Gasteiger partial charge in [0.05, 0.1) is 11.3 Å².